The minimum absolute atomic E-state index is 0.00119. The van der Waals surface area contributed by atoms with Crippen LogP contribution < -0.4 is 4.74 Å². The molecule has 0 amide bonds. The number of benzene rings is 2. The Balaban J connectivity index is 0.000000417. The zero-order valence-electron chi connectivity index (χ0n) is 23.5. The van der Waals surface area contributed by atoms with Gasteiger partial charge >= 0.3 is 5.97 Å². The number of ether oxygens (including phenoxy) is 2. The number of carboxylic acid groups (broad SMARTS) is 1. The molecule has 0 aliphatic heterocycles. The van der Waals surface area contributed by atoms with E-state index in [1.54, 1.807) is 0 Å². The molecule has 0 aromatic heterocycles. The lowest BCUT2D eigenvalue weighted by Gasteiger charge is -2.17. The van der Waals surface area contributed by atoms with Crippen LogP contribution in [0.15, 0.2) is 66.7 Å². The Labute approximate surface area is 230 Å². The molecular formula is C34H48O4. The summed E-state index contributed by atoms with van der Waals surface area (Å²) < 4.78 is 11.9. The highest BCUT2D eigenvalue weighted by Gasteiger charge is 2.32. The first kappa shape index (κ1) is 30.0. The van der Waals surface area contributed by atoms with Crippen molar-refractivity contribution in [1.82, 2.24) is 0 Å². The molecular weight excluding hydrogens is 472 g/mol. The summed E-state index contributed by atoms with van der Waals surface area (Å²) in [6, 6.07) is 18.0. The summed E-state index contributed by atoms with van der Waals surface area (Å²) in [6.45, 7) is 5.64. The van der Waals surface area contributed by atoms with E-state index in [2.05, 4.69) is 26.0 Å². The topological polar surface area (TPSA) is 55.8 Å². The molecule has 4 rings (SSSR count). The Morgan fingerprint density at radius 2 is 1.58 bits per heavy atom. The molecule has 208 valence electrons. The fraction of sp³-hybridized carbons (Fsp3) is 0.559. The summed E-state index contributed by atoms with van der Waals surface area (Å²) in [7, 11) is 0. The van der Waals surface area contributed by atoms with Gasteiger partial charge in [0.25, 0.3) is 0 Å². The first-order chi connectivity index (χ1) is 18.5. The number of allylic oxidation sites excluding steroid dienone is 2. The number of hydrogen-bond acceptors (Lipinski definition) is 3. The average Bonchev–Trinajstić information content (AvgIpc) is 3.55. The highest BCUT2D eigenvalue weighted by molar-refractivity contribution is 5.66. The number of unbranched alkanes of at least 4 members (excludes halogenated alkanes) is 5. The maximum atomic E-state index is 11.0. The number of aliphatic carboxylic acids is 1. The molecule has 1 saturated carbocycles. The highest BCUT2D eigenvalue weighted by Crippen LogP contribution is 2.42. The van der Waals surface area contributed by atoms with E-state index in [1.807, 2.05) is 54.6 Å². The summed E-state index contributed by atoms with van der Waals surface area (Å²) in [4.78, 5) is 11.0. The molecule has 1 fully saturated rings. The molecule has 2 aromatic carbocycles. The third-order valence-electron chi connectivity index (χ3n) is 7.83. The SMILES string of the molecule is CC1CC2C=CC1C2.CCCCCCCCC(CCC(=O)O)OCc1ccc(OCc2ccccc2)cc1. The predicted octanol–water partition coefficient (Wildman–Crippen LogP) is 8.98. The molecule has 0 spiro atoms. The second-order valence-electron chi connectivity index (χ2n) is 11.1. The third kappa shape index (κ3) is 11.4. The van der Waals surface area contributed by atoms with Gasteiger partial charge in [0.05, 0.1) is 12.7 Å². The summed E-state index contributed by atoms with van der Waals surface area (Å²) in [5, 5.41) is 9.01. The van der Waals surface area contributed by atoms with E-state index in [-0.39, 0.29) is 12.5 Å². The Kier molecular flexibility index (Phi) is 13.5. The number of carboxylic acids is 1. The standard InChI is InChI=1S/C26H36O4.C8H12/c1-2-3-4-5-6-10-13-24(18-19-26(27)28)29-21-23-14-16-25(17-15-23)30-20-22-11-8-7-9-12-22;1-6-4-7-2-3-8(6)5-7/h7-9,11-12,14-17,24H,2-6,10,13,18-21H2,1H3,(H,27,28);2-3,6-8H,4-5H2,1H3. The molecule has 2 aromatic rings. The van der Waals surface area contributed by atoms with Gasteiger partial charge < -0.3 is 14.6 Å². The number of carbonyl (C=O) groups is 1. The lowest BCUT2D eigenvalue weighted by Crippen LogP contribution is -2.15. The van der Waals surface area contributed by atoms with Gasteiger partial charge in [-0.25, -0.2) is 0 Å². The van der Waals surface area contributed by atoms with Gasteiger partial charge in [0, 0.05) is 6.42 Å². The van der Waals surface area contributed by atoms with Crippen LogP contribution in [0.2, 0.25) is 0 Å². The van der Waals surface area contributed by atoms with E-state index in [1.165, 1.54) is 44.9 Å². The first-order valence-corrected chi connectivity index (χ1v) is 14.8. The molecule has 4 unspecified atom stereocenters. The van der Waals surface area contributed by atoms with Gasteiger partial charge in [0.1, 0.15) is 12.4 Å². The molecule has 4 heteroatoms. The van der Waals surface area contributed by atoms with E-state index in [0.717, 1.165) is 47.5 Å². The van der Waals surface area contributed by atoms with Crippen LogP contribution in [0, 0.1) is 17.8 Å². The minimum Gasteiger partial charge on any atom is -0.489 e. The van der Waals surface area contributed by atoms with Crippen LogP contribution in [0.3, 0.4) is 0 Å². The van der Waals surface area contributed by atoms with Crippen LogP contribution in [-0.4, -0.2) is 17.2 Å². The Morgan fingerprint density at radius 3 is 2.18 bits per heavy atom. The van der Waals surface area contributed by atoms with Gasteiger partial charge in [-0.2, -0.15) is 0 Å². The lowest BCUT2D eigenvalue weighted by atomic mass is 9.96. The van der Waals surface area contributed by atoms with E-state index < -0.39 is 5.97 Å². The van der Waals surface area contributed by atoms with Crippen molar-refractivity contribution in [2.24, 2.45) is 17.8 Å². The molecule has 0 saturated heterocycles. The van der Waals surface area contributed by atoms with E-state index >= 15 is 0 Å². The average molecular weight is 521 g/mol. The molecule has 4 atom stereocenters. The van der Waals surface area contributed by atoms with Crippen LogP contribution in [0.5, 0.6) is 5.75 Å². The molecule has 38 heavy (non-hydrogen) atoms. The quantitative estimate of drug-likeness (QED) is 0.177. The maximum absolute atomic E-state index is 11.0. The fourth-order valence-corrected chi connectivity index (χ4v) is 5.44. The molecule has 2 bridgehead atoms. The molecule has 2 aliphatic rings. The van der Waals surface area contributed by atoms with Gasteiger partial charge in [-0.3, -0.25) is 4.79 Å². The largest absolute Gasteiger partial charge is 0.489 e. The monoisotopic (exact) mass is 520 g/mol. The van der Waals surface area contributed by atoms with Crippen LogP contribution in [-0.2, 0) is 22.7 Å². The van der Waals surface area contributed by atoms with Crippen molar-refractivity contribution in [2.75, 3.05) is 0 Å². The molecule has 0 radical (unpaired) electrons. The number of hydrogen-bond donors (Lipinski definition) is 1. The van der Waals surface area contributed by atoms with Crippen molar-refractivity contribution < 1.29 is 19.4 Å². The van der Waals surface area contributed by atoms with Crippen molar-refractivity contribution >= 4 is 5.97 Å². The normalized spacial score (nSPS) is 20.1. The second kappa shape index (κ2) is 17.1. The van der Waals surface area contributed by atoms with Gasteiger partial charge in [-0.05, 0) is 66.7 Å². The van der Waals surface area contributed by atoms with E-state index in [9.17, 15) is 4.79 Å². The Bertz CT molecular complexity index is 937. The van der Waals surface area contributed by atoms with E-state index in [0.29, 0.717) is 19.6 Å². The van der Waals surface area contributed by atoms with Crippen LogP contribution in [0.4, 0.5) is 0 Å². The summed E-state index contributed by atoms with van der Waals surface area (Å²) in [6.07, 6.45) is 16.8. The molecule has 2 aliphatic carbocycles. The number of rotatable bonds is 16. The third-order valence-corrected chi connectivity index (χ3v) is 7.83. The minimum atomic E-state index is -0.758. The smallest absolute Gasteiger partial charge is 0.303 e. The summed E-state index contributed by atoms with van der Waals surface area (Å²) in [5.41, 5.74) is 2.21. The Morgan fingerprint density at radius 1 is 0.868 bits per heavy atom. The molecule has 4 nitrogen and oxygen atoms in total. The zero-order valence-corrected chi connectivity index (χ0v) is 23.5. The van der Waals surface area contributed by atoms with Crippen molar-refractivity contribution in [2.45, 2.75) is 104 Å². The lowest BCUT2D eigenvalue weighted by molar-refractivity contribution is -0.138. The second-order valence-corrected chi connectivity index (χ2v) is 11.1. The van der Waals surface area contributed by atoms with Crippen molar-refractivity contribution in [3.8, 4) is 5.75 Å². The maximum Gasteiger partial charge on any atom is 0.303 e. The van der Waals surface area contributed by atoms with Gasteiger partial charge in [0.15, 0.2) is 0 Å². The highest BCUT2D eigenvalue weighted by atomic mass is 16.5. The van der Waals surface area contributed by atoms with Gasteiger partial charge in [-0.1, -0.05) is 107 Å². The summed E-state index contributed by atoms with van der Waals surface area (Å²) in [5.74, 6) is 2.99. The predicted molar refractivity (Wildman–Crippen MR) is 155 cm³/mol. The molecule has 0 heterocycles. The van der Waals surface area contributed by atoms with E-state index in [4.69, 9.17) is 14.6 Å². The van der Waals surface area contributed by atoms with Crippen LogP contribution in [0.25, 0.3) is 0 Å². The van der Waals surface area contributed by atoms with Crippen molar-refractivity contribution in [1.29, 1.82) is 0 Å². The number of fused-ring (bicyclic) bond motifs is 2. The van der Waals surface area contributed by atoms with Crippen LogP contribution in [0.1, 0.15) is 95.6 Å². The van der Waals surface area contributed by atoms with Gasteiger partial charge in [-0.15, -0.1) is 0 Å². The summed E-state index contributed by atoms with van der Waals surface area (Å²) >= 11 is 0. The molecule has 1 N–H and O–H groups in total. The van der Waals surface area contributed by atoms with Crippen molar-refractivity contribution in [3.05, 3.63) is 77.9 Å². The fourth-order valence-electron chi connectivity index (χ4n) is 5.44. The van der Waals surface area contributed by atoms with Gasteiger partial charge in [0.2, 0.25) is 0 Å². The van der Waals surface area contributed by atoms with Crippen molar-refractivity contribution in [3.63, 3.8) is 0 Å². The van der Waals surface area contributed by atoms with Crippen LogP contribution >= 0.6 is 0 Å². The zero-order chi connectivity index (χ0) is 27.0. The first-order valence-electron chi connectivity index (χ1n) is 14.8. The Hall–Kier alpha value is -2.59.